The minimum atomic E-state index is -1.55. The molecule has 5 fully saturated rings. The van der Waals surface area contributed by atoms with E-state index in [1.807, 2.05) is 6.08 Å². The van der Waals surface area contributed by atoms with Crippen molar-refractivity contribution in [1.29, 1.82) is 0 Å². The summed E-state index contributed by atoms with van der Waals surface area (Å²) < 4.78 is 12.1. The number of hydrogen-bond donors (Lipinski definition) is 2. The number of hydrogen-bond acceptors (Lipinski definition) is 5. The van der Waals surface area contributed by atoms with Crippen LogP contribution in [-0.4, -0.2) is 45.7 Å². The van der Waals surface area contributed by atoms with Crippen LogP contribution >= 0.6 is 0 Å². The van der Waals surface area contributed by atoms with Gasteiger partial charge < -0.3 is 19.7 Å². The first kappa shape index (κ1) is 26.7. The van der Waals surface area contributed by atoms with Crippen LogP contribution in [0, 0.1) is 33.5 Å². The first-order valence-electron chi connectivity index (χ1n) is 14.4. The minimum Gasteiger partial charge on any atom is -0.469 e. The van der Waals surface area contributed by atoms with Gasteiger partial charge in [-0.2, -0.15) is 0 Å². The van der Waals surface area contributed by atoms with Gasteiger partial charge in [-0.05, 0) is 88.4 Å². The van der Waals surface area contributed by atoms with Crippen LogP contribution in [0.25, 0.3) is 0 Å². The van der Waals surface area contributed by atoms with E-state index in [-0.39, 0.29) is 27.8 Å². The van der Waals surface area contributed by atoms with E-state index in [0.717, 1.165) is 19.3 Å². The molecule has 0 aromatic carbocycles. The monoisotopic (exact) mass is 502 g/mol. The lowest BCUT2D eigenvalue weighted by Gasteiger charge is -2.60. The first-order chi connectivity index (χ1) is 16.4. The SMILES string of the molecule is COC(=O)[C@]12CCC(C)(C)C[C@H]1[C@@](O)(/C=C\[C@@]13O[C@]1(C)CC[C@H]1C(C)(C)CCC[C@@]13C)[C@](C)(O)CC2. The molecule has 1 saturated heterocycles. The Hall–Kier alpha value is -0.910. The minimum absolute atomic E-state index is 0.0274. The fourth-order valence-electron chi connectivity index (χ4n) is 9.98. The molecule has 0 aromatic rings. The zero-order valence-corrected chi connectivity index (χ0v) is 24.0. The van der Waals surface area contributed by atoms with Crippen LogP contribution < -0.4 is 0 Å². The van der Waals surface area contributed by atoms with E-state index in [9.17, 15) is 15.0 Å². The van der Waals surface area contributed by atoms with Crippen molar-refractivity contribution >= 4 is 5.97 Å². The highest BCUT2D eigenvalue weighted by molar-refractivity contribution is 5.78. The van der Waals surface area contributed by atoms with Crippen molar-refractivity contribution in [1.82, 2.24) is 0 Å². The molecule has 1 heterocycles. The Morgan fingerprint density at radius 1 is 0.861 bits per heavy atom. The summed E-state index contributed by atoms with van der Waals surface area (Å²) in [7, 11) is 1.45. The molecular weight excluding hydrogens is 452 g/mol. The van der Waals surface area contributed by atoms with E-state index < -0.39 is 28.1 Å². The van der Waals surface area contributed by atoms with Gasteiger partial charge in [0.15, 0.2) is 0 Å². The highest BCUT2D eigenvalue weighted by Gasteiger charge is 2.78. The van der Waals surface area contributed by atoms with Gasteiger partial charge in [-0.1, -0.05) is 53.2 Å². The molecule has 36 heavy (non-hydrogen) atoms. The Bertz CT molecular complexity index is 962. The molecule has 5 nitrogen and oxygen atoms in total. The van der Waals surface area contributed by atoms with Crippen LogP contribution in [-0.2, 0) is 14.3 Å². The summed E-state index contributed by atoms with van der Waals surface area (Å²) in [5.74, 6) is -0.115. The number of aliphatic hydroxyl groups is 2. The Balaban J connectivity index is 1.60. The largest absolute Gasteiger partial charge is 0.469 e. The molecule has 204 valence electrons. The lowest BCUT2D eigenvalue weighted by atomic mass is 9.45. The van der Waals surface area contributed by atoms with E-state index >= 15 is 0 Å². The van der Waals surface area contributed by atoms with Crippen LogP contribution in [0.1, 0.15) is 113 Å². The van der Waals surface area contributed by atoms with Gasteiger partial charge in [0.05, 0.1) is 23.7 Å². The molecule has 0 aromatic heterocycles. The van der Waals surface area contributed by atoms with Crippen molar-refractivity contribution in [3.8, 4) is 0 Å². The second-order valence-corrected chi connectivity index (χ2v) is 15.4. The Morgan fingerprint density at radius 2 is 1.53 bits per heavy atom. The number of carbonyl (C=O) groups is 1. The summed E-state index contributed by atoms with van der Waals surface area (Å²) in [6, 6.07) is 0. The number of methoxy groups -OCH3 is 1. The number of fused-ring (bicyclic) bond motifs is 4. The van der Waals surface area contributed by atoms with E-state index in [0.29, 0.717) is 31.6 Å². The van der Waals surface area contributed by atoms with Crippen molar-refractivity contribution in [2.24, 2.45) is 33.5 Å². The molecule has 0 amide bonds. The number of ether oxygens (including phenoxy) is 2. The fraction of sp³-hybridized carbons (Fsp3) is 0.903. The fourth-order valence-corrected chi connectivity index (χ4v) is 9.98. The van der Waals surface area contributed by atoms with E-state index in [2.05, 4.69) is 47.6 Å². The topological polar surface area (TPSA) is 79.3 Å². The van der Waals surface area contributed by atoms with Gasteiger partial charge in [-0.3, -0.25) is 4.79 Å². The van der Waals surface area contributed by atoms with Crippen LogP contribution in [0.2, 0.25) is 0 Å². The van der Waals surface area contributed by atoms with Gasteiger partial charge in [-0.15, -0.1) is 0 Å². The van der Waals surface area contributed by atoms with Gasteiger partial charge in [0.2, 0.25) is 0 Å². The number of esters is 1. The van der Waals surface area contributed by atoms with Gasteiger partial charge in [-0.25, -0.2) is 0 Å². The third-order valence-corrected chi connectivity index (χ3v) is 12.4. The summed E-state index contributed by atoms with van der Waals surface area (Å²) in [5.41, 5.74) is -4.18. The summed E-state index contributed by atoms with van der Waals surface area (Å²) in [6.07, 6.45) is 12.9. The molecule has 1 aliphatic heterocycles. The molecule has 4 aliphatic carbocycles. The molecule has 0 bridgehead atoms. The standard InChI is InChI=1S/C31H50O5/c1-24(2)14-16-29(23(32)35-8)17-15-27(6,33)30(34,22(29)20-24)18-19-31-26(5)12-9-11-25(3,4)21(26)10-13-28(31,7)36-31/h18-19,21-22,33-34H,9-17,20H2,1-8H3/b19-18-/t21-,22+,26-,27+,28+,29-,30-,31-/m0/s1. The molecule has 4 saturated carbocycles. The third-order valence-electron chi connectivity index (χ3n) is 12.4. The maximum absolute atomic E-state index is 13.3. The van der Waals surface area contributed by atoms with Crippen LogP contribution in [0.3, 0.4) is 0 Å². The smallest absolute Gasteiger partial charge is 0.312 e. The number of epoxide rings is 1. The maximum Gasteiger partial charge on any atom is 0.312 e. The zero-order valence-electron chi connectivity index (χ0n) is 24.0. The highest BCUT2D eigenvalue weighted by Crippen LogP contribution is 2.74. The Kier molecular flexibility index (Phi) is 5.63. The normalized spacial score (nSPS) is 53.2. The summed E-state index contributed by atoms with van der Waals surface area (Å²) in [4.78, 5) is 13.3. The van der Waals surface area contributed by atoms with Crippen LogP contribution in [0.15, 0.2) is 12.2 Å². The lowest BCUT2D eigenvalue weighted by molar-refractivity contribution is -0.231. The molecule has 0 unspecified atom stereocenters. The molecule has 5 heteroatoms. The van der Waals surface area contributed by atoms with Gasteiger partial charge in [0.25, 0.3) is 0 Å². The summed E-state index contributed by atoms with van der Waals surface area (Å²) in [6.45, 7) is 15.6. The van der Waals surface area contributed by atoms with Crippen molar-refractivity contribution in [2.45, 2.75) is 135 Å². The summed E-state index contributed by atoms with van der Waals surface area (Å²) in [5, 5.41) is 24.3. The quantitative estimate of drug-likeness (QED) is 0.283. The van der Waals surface area contributed by atoms with E-state index in [1.165, 1.54) is 26.4 Å². The molecule has 5 rings (SSSR count). The van der Waals surface area contributed by atoms with Crippen molar-refractivity contribution in [2.75, 3.05) is 7.11 Å². The Morgan fingerprint density at radius 3 is 2.19 bits per heavy atom. The summed E-state index contributed by atoms with van der Waals surface area (Å²) >= 11 is 0. The average molecular weight is 503 g/mol. The van der Waals surface area contributed by atoms with Crippen LogP contribution in [0.5, 0.6) is 0 Å². The van der Waals surface area contributed by atoms with Crippen molar-refractivity contribution in [3.05, 3.63) is 12.2 Å². The van der Waals surface area contributed by atoms with Gasteiger partial charge >= 0.3 is 5.97 Å². The van der Waals surface area contributed by atoms with Crippen molar-refractivity contribution < 1.29 is 24.5 Å². The average Bonchev–Trinajstić information content (AvgIpc) is 3.42. The lowest BCUT2D eigenvalue weighted by Crippen LogP contribution is -2.68. The molecular formula is C31H50O5. The zero-order chi connectivity index (χ0) is 26.6. The molecule has 8 atom stereocenters. The predicted octanol–water partition coefficient (Wildman–Crippen LogP) is 5.96. The van der Waals surface area contributed by atoms with Gasteiger partial charge in [0, 0.05) is 11.3 Å². The third kappa shape index (κ3) is 3.27. The predicted molar refractivity (Wildman–Crippen MR) is 140 cm³/mol. The Labute approximate surface area is 218 Å². The van der Waals surface area contributed by atoms with E-state index in [4.69, 9.17) is 9.47 Å². The van der Waals surface area contributed by atoms with Crippen LogP contribution in [0.4, 0.5) is 0 Å². The van der Waals surface area contributed by atoms with Crippen molar-refractivity contribution in [3.63, 3.8) is 0 Å². The first-order valence-corrected chi connectivity index (χ1v) is 14.4. The number of carbonyl (C=O) groups excluding carboxylic acids is 1. The molecule has 0 spiro atoms. The number of rotatable bonds is 3. The molecule has 0 radical (unpaired) electrons. The van der Waals surface area contributed by atoms with E-state index in [1.54, 1.807) is 6.92 Å². The molecule has 2 N–H and O–H groups in total. The molecule has 5 aliphatic rings. The maximum atomic E-state index is 13.3. The van der Waals surface area contributed by atoms with Gasteiger partial charge in [0.1, 0.15) is 11.2 Å². The highest BCUT2D eigenvalue weighted by atomic mass is 16.6. The second kappa shape index (κ2) is 7.60. The second-order valence-electron chi connectivity index (χ2n) is 15.4.